The fourth-order valence-corrected chi connectivity index (χ4v) is 0.919. The van der Waals surface area contributed by atoms with Crippen molar-refractivity contribution in [2.24, 2.45) is 17.6 Å². The SMILES string of the molecule is CC(C)CC(C)C(N)=S. The van der Waals surface area contributed by atoms with E-state index in [9.17, 15) is 0 Å². The summed E-state index contributed by atoms with van der Waals surface area (Å²) in [5, 5.41) is 0. The van der Waals surface area contributed by atoms with Crippen molar-refractivity contribution in [3.8, 4) is 0 Å². The number of hydrogen-bond donors (Lipinski definition) is 1. The Morgan fingerprint density at radius 2 is 1.89 bits per heavy atom. The first kappa shape index (κ1) is 8.89. The zero-order chi connectivity index (χ0) is 7.44. The quantitative estimate of drug-likeness (QED) is 0.614. The predicted octanol–water partition coefficient (Wildman–Crippen LogP) is 1.95. The number of nitrogens with two attached hydrogens (primary N) is 1. The molecule has 0 radical (unpaired) electrons. The van der Waals surface area contributed by atoms with Crippen LogP contribution in [0.3, 0.4) is 0 Å². The standard InChI is InChI=1S/C7H15NS/c1-5(2)4-6(3)7(8)9/h5-6H,4H2,1-3H3,(H2,8,9). The van der Waals surface area contributed by atoms with E-state index in [1.165, 1.54) is 0 Å². The molecule has 54 valence electrons. The maximum atomic E-state index is 5.42. The van der Waals surface area contributed by atoms with Crippen LogP contribution < -0.4 is 5.73 Å². The van der Waals surface area contributed by atoms with E-state index in [-0.39, 0.29) is 0 Å². The van der Waals surface area contributed by atoms with Gasteiger partial charge >= 0.3 is 0 Å². The third kappa shape index (κ3) is 4.40. The van der Waals surface area contributed by atoms with Crippen LogP contribution in [0.2, 0.25) is 0 Å². The minimum absolute atomic E-state index is 0.403. The zero-order valence-corrected chi connectivity index (χ0v) is 7.16. The first-order valence-corrected chi connectivity index (χ1v) is 3.74. The lowest BCUT2D eigenvalue weighted by Gasteiger charge is -2.10. The first-order valence-electron chi connectivity index (χ1n) is 3.33. The Bertz CT molecular complexity index is 99.1. The molecular weight excluding hydrogens is 130 g/mol. The van der Waals surface area contributed by atoms with Gasteiger partial charge in [-0.2, -0.15) is 0 Å². The van der Waals surface area contributed by atoms with Crippen LogP contribution in [0.1, 0.15) is 27.2 Å². The summed E-state index contributed by atoms with van der Waals surface area (Å²) in [6, 6.07) is 0. The van der Waals surface area contributed by atoms with Crippen molar-refractivity contribution in [2.75, 3.05) is 0 Å². The molecule has 0 aliphatic rings. The monoisotopic (exact) mass is 145 g/mol. The summed E-state index contributed by atoms with van der Waals surface area (Å²) < 4.78 is 0. The maximum absolute atomic E-state index is 5.42. The lowest BCUT2D eigenvalue weighted by Crippen LogP contribution is -2.19. The number of thiocarbonyl (C=S) groups is 1. The topological polar surface area (TPSA) is 26.0 Å². The van der Waals surface area contributed by atoms with Gasteiger partial charge in [-0.15, -0.1) is 0 Å². The van der Waals surface area contributed by atoms with Crippen molar-refractivity contribution < 1.29 is 0 Å². The van der Waals surface area contributed by atoms with Gasteiger partial charge in [0.05, 0.1) is 4.99 Å². The van der Waals surface area contributed by atoms with Gasteiger partial charge in [-0.25, -0.2) is 0 Å². The Hall–Kier alpha value is -0.110. The normalized spacial score (nSPS) is 13.8. The summed E-state index contributed by atoms with van der Waals surface area (Å²) in [6.07, 6.45) is 1.11. The molecule has 0 bridgehead atoms. The minimum atomic E-state index is 0.403. The molecule has 1 unspecified atom stereocenters. The van der Waals surface area contributed by atoms with Crippen molar-refractivity contribution in [1.82, 2.24) is 0 Å². The lowest BCUT2D eigenvalue weighted by molar-refractivity contribution is 0.523. The highest BCUT2D eigenvalue weighted by Gasteiger charge is 2.05. The second-order valence-electron chi connectivity index (χ2n) is 2.93. The summed E-state index contributed by atoms with van der Waals surface area (Å²) >= 11 is 4.81. The molecule has 1 atom stereocenters. The van der Waals surface area contributed by atoms with Crippen LogP contribution in [0.25, 0.3) is 0 Å². The van der Waals surface area contributed by atoms with Crippen LogP contribution in [0.15, 0.2) is 0 Å². The lowest BCUT2D eigenvalue weighted by atomic mass is 9.99. The number of hydrogen-bond acceptors (Lipinski definition) is 1. The van der Waals surface area contributed by atoms with E-state index < -0.39 is 0 Å². The van der Waals surface area contributed by atoms with Gasteiger partial charge in [0.25, 0.3) is 0 Å². The van der Waals surface area contributed by atoms with Crippen molar-refractivity contribution >= 4 is 17.2 Å². The smallest absolute Gasteiger partial charge is 0.0756 e. The molecule has 0 aromatic heterocycles. The minimum Gasteiger partial charge on any atom is -0.393 e. The van der Waals surface area contributed by atoms with E-state index in [2.05, 4.69) is 20.8 Å². The van der Waals surface area contributed by atoms with Gasteiger partial charge in [0.1, 0.15) is 0 Å². The summed E-state index contributed by atoms with van der Waals surface area (Å²) in [6.45, 7) is 6.42. The first-order chi connectivity index (χ1) is 4.04. The molecule has 0 heterocycles. The summed E-state index contributed by atoms with van der Waals surface area (Å²) in [7, 11) is 0. The summed E-state index contributed by atoms with van der Waals surface area (Å²) in [4.78, 5) is 0.642. The fraction of sp³-hybridized carbons (Fsp3) is 0.857. The van der Waals surface area contributed by atoms with Gasteiger partial charge in [0, 0.05) is 5.92 Å². The third-order valence-corrected chi connectivity index (χ3v) is 1.71. The highest BCUT2D eigenvalue weighted by Crippen LogP contribution is 2.10. The third-order valence-electron chi connectivity index (χ3n) is 1.31. The van der Waals surface area contributed by atoms with E-state index in [1.807, 2.05) is 0 Å². The predicted molar refractivity (Wildman–Crippen MR) is 45.4 cm³/mol. The Kier molecular flexibility index (Phi) is 3.78. The van der Waals surface area contributed by atoms with Gasteiger partial charge in [-0.1, -0.05) is 33.0 Å². The zero-order valence-electron chi connectivity index (χ0n) is 6.35. The van der Waals surface area contributed by atoms with E-state index in [4.69, 9.17) is 18.0 Å². The molecule has 0 rings (SSSR count). The molecule has 0 saturated carbocycles. The molecule has 0 aliphatic heterocycles. The molecule has 0 fully saturated rings. The van der Waals surface area contributed by atoms with Crippen molar-refractivity contribution in [3.63, 3.8) is 0 Å². The molecule has 9 heavy (non-hydrogen) atoms. The Labute approximate surface area is 62.6 Å². The summed E-state index contributed by atoms with van der Waals surface area (Å²) in [5.74, 6) is 1.10. The molecule has 2 heteroatoms. The van der Waals surface area contributed by atoms with Crippen molar-refractivity contribution in [1.29, 1.82) is 0 Å². The fourth-order valence-electron chi connectivity index (χ4n) is 0.823. The van der Waals surface area contributed by atoms with E-state index in [0.29, 0.717) is 16.8 Å². The van der Waals surface area contributed by atoms with Crippen LogP contribution in [-0.2, 0) is 0 Å². The molecule has 0 aromatic carbocycles. The molecule has 0 saturated heterocycles. The highest BCUT2D eigenvalue weighted by molar-refractivity contribution is 7.80. The van der Waals surface area contributed by atoms with Gasteiger partial charge < -0.3 is 5.73 Å². The largest absolute Gasteiger partial charge is 0.393 e. The van der Waals surface area contributed by atoms with Crippen LogP contribution in [-0.4, -0.2) is 4.99 Å². The van der Waals surface area contributed by atoms with Gasteiger partial charge in [0.15, 0.2) is 0 Å². The van der Waals surface area contributed by atoms with Crippen LogP contribution in [0.5, 0.6) is 0 Å². The van der Waals surface area contributed by atoms with Crippen LogP contribution >= 0.6 is 12.2 Å². The van der Waals surface area contributed by atoms with Crippen LogP contribution in [0, 0.1) is 11.8 Å². The molecule has 1 nitrogen and oxygen atoms in total. The molecule has 0 amide bonds. The van der Waals surface area contributed by atoms with E-state index in [1.54, 1.807) is 0 Å². The Balaban J connectivity index is 3.50. The van der Waals surface area contributed by atoms with E-state index in [0.717, 1.165) is 6.42 Å². The molecule has 0 aromatic rings. The van der Waals surface area contributed by atoms with Crippen molar-refractivity contribution in [3.05, 3.63) is 0 Å². The highest BCUT2D eigenvalue weighted by atomic mass is 32.1. The molecule has 0 spiro atoms. The maximum Gasteiger partial charge on any atom is 0.0756 e. The van der Waals surface area contributed by atoms with Crippen molar-refractivity contribution in [2.45, 2.75) is 27.2 Å². The molecular formula is C7H15NS. The Morgan fingerprint density at radius 1 is 1.44 bits per heavy atom. The average molecular weight is 145 g/mol. The number of rotatable bonds is 3. The van der Waals surface area contributed by atoms with E-state index >= 15 is 0 Å². The summed E-state index contributed by atoms with van der Waals surface area (Å²) in [5.41, 5.74) is 5.42. The average Bonchev–Trinajstić information content (AvgIpc) is 1.63. The molecule has 0 aliphatic carbocycles. The van der Waals surface area contributed by atoms with Gasteiger partial charge in [0.2, 0.25) is 0 Å². The van der Waals surface area contributed by atoms with Crippen LogP contribution in [0.4, 0.5) is 0 Å². The molecule has 2 N–H and O–H groups in total. The second-order valence-corrected chi connectivity index (χ2v) is 3.40. The second kappa shape index (κ2) is 3.83. The Morgan fingerprint density at radius 3 is 2.00 bits per heavy atom. The van der Waals surface area contributed by atoms with Gasteiger partial charge in [-0.05, 0) is 12.3 Å². The van der Waals surface area contributed by atoms with Gasteiger partial charge in [-0.3, -0.25) is 0 Å².